The summed E-state index contributed by atoms with van der Waals surface area (Å²) in [6, 6.07) is 5.22. The van der Waals surface area contributed by atoms with Crippen LogP contribution in [-0.4, -0.2) is 20.4 Å². The first kappa shape index (κ1) is 5.80. The van der Waals surface area contributed by atoms with Crippen LogP contribution in [0.25, 0.3) is 11.2 Å². The quantitative estimate of drug-likeness (QED) is 0.575. The predicted molar refractivity (Wildman–Crippen MR) is 36.4 cm³/mol. The molecule has 2 aromatic heterocycles. The molecular formula is C6H3N5. The van der Waals surface area contributed by atoms with E-state index in [1.165, 1.54) is 0 Å². The highest BCUT2D eigenvalue weighted by molar-refractivity contribution is 5.69. The summed E-state index contributed by atoms with van der Waals surface area (Å²) in [4.78, 5) is 3.89. The monoisotopic (exact) mass is 145 g/mol. The van der Waals surface area contributed by atoms with Gasteiger partial charge in [-0.05, 0) is 12.1 Å². The summed E-state index contributed by atoms with van der Waals surface area (Å²) in [5.74, 6) is 0. The third-order valence-electron chi connectivity index (χ3n) is 1.30. The molecule has 0 radical (unpaired) electrons. The van der Waals surface area contributed by atoms with E-state index in [1.54, 1.807) is 12.1 Å². The maximum atomic E-state index is 8.46. The molecular weight excluding hydrogens is 142 g/mol. The molecule has 0 saturated heterocycles. The Morgan fingerprint density at radius 3 is 3.09 bits per heavy atom. The van der Waals surface area contributed by atoms with E-state index in [0.717, 1.165) is 0 Å². The van der Waals surface area contributed by atoms with Crippen LogP contribution in [-0.2, 0) is 0 Å². The molecule has 0 aliphatic heterocycles. The van der Waals surface area contributed by atoms with Crippen molar-refractivity contribution in [3.05, 3.63) is 17.8 Å². The Bertz CT molecular complexity index is 424. The number of fused-ring (bicyclic) bond motifs is 1. The zero-order chi connectivity index (χ0) is 7.68. The summed E-state index contributed by atoms with van der Waals surface area (Å²) in [6.07, 6.45) is 0. The molecule has 0 unspecified atom stereocenters. The van der Waals surface area contributed by atoms with Crippen molar-refractivity contribution in [2.24, 2.45) is 0 Å². The minimum atomic E-state index is 0.353. The van der Waals surface area contributed by atoms with E-state index >= 15 is 0 Å². The van der Waals surface area contributed by atoms with Crippen LogP contribution in [0.15, 0.2) is 12.1 Å². The highest BCUT2D eigenvalue weighted by Gasteiger charge is 1.98. The van der Waals surface area contributed by atoms with E-state index in [1.807, 2.05) is 6.07 Å². The van der Waals surface area contributed by atoms with Gasteiger partial charge in [-0.2, -0.15) is 15.6 Å². The van der Waals surface area contributed by atoms with Crippen molar-refractivity contribution in [2.75, 3.05) is 0 Å². The van der Waals surface area contributed by atoms with Crippen LogP contribution in [0.3, 0.4) is 0 Å². The minimum Gasteiger partial charge on any atom is -0.214 e. The van der Waals surface area contributed by atoms with E-state index in [9.17, 15) is 0 Å². The summed E-state index contributed by atoms with van der Waals surface area (Å²) in [6.45, 7) is 0. The summed E-state index contributed by atoms with van der Waals surface area (Å²) in [5.41, 5.74) is 1.50. The number of H-pyrrole nitrogens is 1. The van der Waals surface area contributed by atoms with Crippen LogP contribution < -0.4 is 0 Å². The summed E-state index contributed by atoms with van der Waals surface area (Å²) >= 11 is 0. The Morgan fingerprint density at radius 1 is 1.36 bits per heavy atom. The molecule has 0 spiro atoms. The van der Waals surface area contributed by atoms with Gasteiger partial charge in [-0.1, -0.05) is 0 Å². The lowest BCUT2D eigenvalue weighted by atomic mass is 10.3. The van der Waals surface area contributed by atoms with Crippen LogP contribution in [0.5, 0.6) is 0 Å². The molecule has 2 aromatic rings. The van der Waals surface area contributed by atoms with E-state index in [-0.39, 0.29) is 0 Å². The third-order valence-corrected chi connectivity index (χ3v) is 1.30. The lowest BCUT2D eigenvalue weighted by Crippen LogP contribution is -1.81. The Morgan fingerprint density at radius 2 is 2.27 bits per heavy atom. The summed E-state index contributed by atoms with van der Waals surface area (Å²) in [5, 5.41) is 18.4. The Labute approximate surface area is 61.7 Å². The average Bonchev–Trinajstić information content (AvgIpc) is 2.50. The molecule has 0 aliphatic rings. The van der Waals surface area contributed by atoms with Gasteiger partial charge in [-0.25, -0.2) is 4.98 Å². The minimum absolute atomic E-state index is 0.353. The maximum absolute atomic E-state index is 8.46. The molecule has 0 saturated carbocycles. The zero-order valence-electron chi connectivity index (χ0n) is 5.44. The number of aromatic nitrogens is 4. The number of nitriles is 1. The van der Waals surface area contributed by atoms with E-state index < -0.39 is 0 Å². The third kappa shape index (κ3) is 0.809. The fourth-order valence-corrected chi connectivity index (χ4v) is 0.799. The number of nitrogens with one attached hydrogen (secondary N) is 1. The van der Waals surface area contributed by atoms with Crippen LogP contribution >= 0.6 is 0 Å². The predicted octanol–water partition coefficient (Wildman–Crippen LogP) is 0.225. The van der Waals surface area contributed by atoms with E-state index in [4.69, 9.17) is 5.26 Å². The Balaban J connectivity index is 2.79. The zero-order valence-corrected chi connectivity index (χ0v) is 5.44. The molecule has 1 N–H and O–H groups in total. The number of aromatic amines is 1. The molecule has 11 heavy (non-hydrogen) atoms. The van der Waals surface area contributed by atoms with Crippen molar-refractivity contribution >= 4 is 11.2 Å². The van der Waals surface area contributed by atoms with Gasteiger partial charge >= 0.3 is 0 Å². The second kappa shape index (κ2) is 2.02. The largest absolute Gasteiger partial charge is 0.214 e. The molecule has 0 aliphatic carbocycles. The second-order valence-electron chi connectivity index (χ2n) is 1.97. The number of hydrogen-bond donors (Lipinski definition) is 1. The van der Waals surface area contributed by atoms with Gasteiger partial charge in [0.05, 0.1) is 0 Å². The standard InChI is InChI=1S/C6H3N5/c7-3-4-1-2-5-6(8-4)10-11-9-5/h1-2H,(H,8,9,10,11). The molecule has 52 valence electrons. The first-order valence-electron chi connectivity index (χ1n) is 2.98. The van der Waals surface area contributed by atoms with Gasteiger partial charge in [-0.3, -0.25) is 0 Å². The first-order valence-corrected chi connectivity index (χ1v) is 2.98. The van der Waals surface area contributed by atoms with Crippen molar-refractivity contribution in [1.82, 2.24) is 20.4 Å². The van der Waals surface area contributed by atoms with Gasteiger partial charge < -0.3 is 0 Å². The molecule has 0 atom stereocenters. The van der Waals surface area contributed by atoms with Crippen molar-refractivity contribution < 1.29 is 0 Å². The van der Waals surface area contributed by atoms with Crippen LogP contribution in [0.4, 0.5) is 0 Å². The number of pyridine rings is 1. The highest BCUT2D eigenvalue weighted by atomic mass is 15.3. The average molecular weight is 145 g/mol. The second-order valence-corrected chi connectivity index (χ2v) is 1.97. The first-order chi connectivity index (χ1) is 5.40. The summed E-state index contributed by atoms with van der Waals surface area (Å²) < 4.78 is 0. The number of hydrogen-bond acceptors (Lipinski definition) is 4. The normalized spacial score (nSPS) is 9.73. The molecule has 2 rings (SSSR count). The van der Waals surface area contributed by atoms with Gasteiger partial charge in [0.15, 0.2) is 0 Å². The number of nitrogens with zero attached hydrogens (tertiary/aromatic N) is 4. The maximum Gasteiger partial charge on any atom is 0.202 e. The molecule has 2 heterocycles. The molecule has 5 nitrogen and oxygen atoms in total. The Hall–Kier alpha value is -1.96. The molecule has 5 heteroatoms. The van der Waals surface area contributed by atoms with Gasteiger partial charge in [-0.15, -0.1) is 5.10 Å². The van der Waals surface area contributed by atoms with Gasteiger partial charge in [0.2, 0.25) is 5.65 Å². The molecule has 0 amide bonds. The molecule has 0 aromatic carbocycles. The van der Waals surface area contributed by atoms with Crippen molar-refractivity contribution in [3.63, 3.8) is 0 Å². The molecule has 0 bridgehead atoms. The lowest BCUT2D eigenvalue weighted by Gasteiger charge is -1.84. The van der Waals surface area contributed by atoms with Gasteiger partial charge in [0, 0.05) is 0 Å². The van der Waals surface area contributed by atoms with E-state index in [2.05, 4.69) is 20.4 Å². The topological polar surface area (TPSA) is 78.2 Å². The van der Waals surface area contributed by atoms with Crippen molar-refractivity contribution in [2.45, 2.75) is 0 Å². The van der Waals surface area contributed by atoms with Crippen molar-refractivity contribution in [1.29, 1.82) is 5.26 Å². The fourth-order valence-electron chi connectivity index (χ4n) is 0.799. The Kier molecular flexibility index (Phi) is 1.07. The highest BCUT2D eigenvalue weighted by Crippen LogP contribution is 2.03. The summed E-state index contributed by atoms with van der Waals surface area (Å²) in [7, 11) is 0. The van der Waals surface area contributed by atoms with E-state index in [0.29, 0.717) is 16.9 Å². The lowest BCUT2D eigenvalue weighted by molar-refractivity contribution is 0.954. The van der Waals surface area contributed by atoms with Gasteiger partial charge in [0.25, 0.3) is 0 Å². The van der Waals surface area contributed by atoms with Crippen LogP contribution in [0.1, 0.15) is 5.69 Å². The fraction of sp³-hybridized carbons (Fsp3) is 0. The smallest absolute Gasteiger partial charge is 0.202 e. The van der Waals surface area contributed by atoms with Crippen LogP contribution in [0.2, 0.25) is 0 Å². The van der Waals surface area contributed by atoms with Crippen LogP contribution in [0, 0.1) is 11.3 Å². The van der Waals surface area contributed by atoms with Gasteiger partial charge in [0.1, 0.15) is 17.3 Å². The number of rotatable bonds is 0. The SMILES string of the molecule is N#Cc1ccc2n[nH]nc2n1. The van der Waals surface area contributed by atoms with Crippen molar-refractivity contribution in [3.8, 4) is 6.07 Å². The molecule has 0 fully saturated rings.